The first-order valence-corrected chi connectivity index (χ1v) is 6.60. The molecule has 1 unspecified atom stereocenters. The zero-order valence-corrected chi connectivity index (χ0v) is 10.7. The van der Waals surface area contributed by atoms with Crippen molar-refractivity contribution in [3.05, 3.63) is 0 Å². The van der Waals surface area contributed by atoms with Gasteiger partial charge < -0.3 is 15.0 Å². The average Bonchev–Trinajstić information content (AvgIpc) is 2.68. The lowest BCUT2D eigenvalue weighted by Gasteiger charge is -2.49. The van der Waals surface area contributed by atoms with E-state index in [1.54, 1.807) is 7.11 Å². The summed E-state index contributed by atoms with van der Waals surface area (Å²) in [5.41, 5.74) is -0.428. The van der Waals surface area contributed by atoms with Crippen LogP contribution in [0.15, 0.2) is 4.99 Å². The molecule has 0 aromatic heterocycles. The lowest BCUT2D eigenvalue weighted by Crippen LogP contribution is -2.67. The van der Waals surface area contributed by atoms with E-state index < -0.39 is 5.54 Å². The number of ether oxygens (including phenoxy) is 1. The van der Waals surface area contributed by atoms with Gasteiger partial charge in [-0.2, -0.15) is 0 Å². The molecule has 0 saturated carbocycles. The standard InChI is InChI=1S/C12H20N4O2/c1-18-7-4-13-11-14-10(17)12(15-11)8-16-5-2-9(12)3-6-16/h9H,2-8H2,1H3,(H2,13,14,15,17). The van der Waals surface area contributed by atoms with E-state index >= 15 is 0 Å². The highest BCUT2D eigenvalue weighted by molar-refractivity contribution is 6.09. The molecule has 4 aliphatic heterocycles. The maximum Gasteiger partial charge on any atom is 0.254 e. The Kier molecular flexibility index (Phi) is 2.99. The molecule has 4 saturated heterocycles. The fourth-order valence-electron chi connectivity index (χ4n) is 3.31. The number of piperidine rings is 3. The zero-order chi connectivity index (χ0) is 12.6. The van der Waals surface area contributed by atoms with E-state index in [4.69, 9.17) is 4.74 Å². The molecule has 0 aliphatic carbocycles. The number of aliphatic imine (C=N–C) groups is 1. The zero-order valence-electron chi connectivity index (χ0n) is 10.7. The van der Waals surface area contributed by atoms with Crippen LogP contribution in [0.4, 0.5) is 0 Å². The minimum absolute atomic E-state index is 0.0908. The van der Waals surface area contributed by atoms with Crippen molar-refractivity contribution in [1.29, 1.82) is 0 Å². The van der Waals surface area contributed by atoms with Crippen LogP contribution in [0.1, 0.15) is 12.8 Å². The Morgan fingerprint density at radius 2 is 2.28 bits per heavy atom. The van der Waals surface area contributed by atoms with Crippen molar-refractivity contribution in [1.82, 2.24) is 15.5 Å². The van der Waals surface area contributed by atoms with Crippen molar-refractivity contribution in [2.24, 2.45) is 10.9 Å². The number of rotatable bonds is 3. The van der Waals surface area contributed by atoms with Crippen molar-refractivity contribution in [2.45, 2.75) is 18.4 Å². The summed E-state index contributed by atoms with van der Waals surface area (Å²) in [6, 6.07) is 0. The maximum absolute atomic E-state index is 12.3. The van der Waals surface area contributed by atoms with Crippen LogP contribution in [-0.4, -0.2) is 62.2 Å². The van der Waals surface area contributed by atoms with Crippen LogP contribution in [-0.2, 0) is 9.53 Å². The Morgan fingerprint density at radius 1 is 1.50 bits per heavy atom. The number of hydrogen-bond acceptors (Lipinski definition) is 4. The molecule has 100 valence electrons. The monoisotopic (exact) mass is 252 g/mol. The van der Waals surface area contributed by atoms with Crippen LogP contribution in [0.3, 0.4) is 0 Å². The predicted molar refractivity (Wildman–Crippen MR) is 67.4 cm³/mol. The maximum atomic E-state index is 12.3. The highest BCUT2D eigenvalue weighted by Crippen LogP contribution is 2.37. The van der Waals surface area contributed by atoms with Crippen LogP contribution in [0, 0.1) is 5.92 Å². The van der Waals surface area contributed by atoms with E-state index in [1.807, 2.05) is 0 Å². The van der Waals surface area contributed by atoms with Gasteiger partial charge in [-0.25, -0.2) is 0 Å². The number of amides is 1. The molecule has 0 radical (unpaired) electrons. The predicted octanol–water partition coefficient (Wildman–Crippen LogP) is -0.827. The topological polar surface area (TPSA) is 66.0 Å². The number of methoxy groups -OCH3 is 1. The Morgan fingerprint density at radius 3 is 2.89 bits per heavy atom. The van der Waals surface area contributed by atoms with Crippen molar-refractivity contribution in [3.8, 4) is 0 Å². The lowest BCUT2D eigenvalue weighted by molar-refractivity contribution is -0.131. The lowest BCUT2D eigenvalue weighted by atomic mass is 9.73. The molecule has 1 spiro atoms. The third-order valence-electron chi connectivity index (χ3n) is 4.30. The summed E-state index contributed by atoms with van der Waals surface area (Å²) in [4.78, 5) is 19.0. The summed E-state index contributed by atoms with van der Waals surface area (Å²) in [6.07, 6.45) is 2.21. The summed E-state index contributed by atoms with van der Waals surface area (Å²) in [5.74, 6) is 1.15. The Bertz CT molecular complexity index is 376. The number of carbonyl (C=O) groups is 1. The van der Waals surface area contributed by atoms with Crippen LogP contribution >= 0.6 is 0 Å². The smallest absolute Gasteiger partial charge is 0.254 e. The van der Waals surface area contributed by atoms with E-state index in [2.05, 4.69) is 20.5 Å². The molecule has 0 aromatic rings. The van der Waals surface area contributed by atoms with E-state index in [0.29, 0.717) is 25.0 Å². The number of guanidine groups is 1. The fraction of sp³-hybridized carbons (Fsp3) is 0.833. The van der Waals surface area contributed by atoms with Gasteiger partial charge in [0.25, 0.3) is 5.91 Å². The summed E-state index contributed by atoms with van der Waals surface area (Å²) < 4.78 is 4.96. The van der Waals surface area contributed by atoms with Crippen molar-refractivity contribution in [3.63, 3.8) is 0 Å². The minimum atomic E-state index is -0.428. The van der Waals surface area contributed by atoms with Gasteiger partial charge in [-0.3, -0.25) is 15.1 Å². The van der Waals surface area contributed by atoms with E-state index in [9.17, 15) is 4.79 Å². The second-order valence-electron chi connectivity index (χ2n) is 5.32. The number of nitrogens with one attached hydrogen (secondary N) is 2. The van der Waals surface area contributed by atoms with Crippen LogP contribution in [0.5, 0.6) is 0 Å². The second kappa shape index (κ2) is 4.51. The van der Waals surface area contributed by atoms with Gasteiger partial charge in [0.1, 0.15) is 5.54 Å². The van der Waals surface area contributed by atoms with Gasteiger partial charge in [-0.1, -0.05) is 0 Å². The largest absolute Gasteiger partial charge is 0.383 e. The molecule has 4 fully saturated rings. The fourth-order valence-corrected chi connectivity index (χ4v) is 3.31. The normalized spacial score (nSPS) is 40.3. The van der Waals surface area contributed by atoms with Crippen molar-refractivity contribution < 1.29 is 9.53 Å². The molecular weight excluding hydrogens is 232 g/mol. The van der Waals surface area contributed by atoms with E-state index in [0.717, 1.165) is 32.5 Å². The third-order valence-corrected chi connectivity index (χ3v) is 4.30. The van der Waals surface area contributed by atoms with E-state index in [1.165, 1.54) is 0 Å². The molecule has 4 rings (SSSR count). The molecule has 1 amide bonds. The van der Waals surface area contributed by atoms with Crippen molar-refractivity contribution in [2.75, 3.05) is 39.9 Å². The first-order valence-electron chi connectivity index (χ1n) is 6.60. The van der Waals surface area contributed by atoms with E-state index in [-0.39, 0.29) is 5.91 Å². The highest BCUT2D eigenvalue weighted by atomic mass is 16.5. The molecule has 4 aliphatic rings. The Labute approximate surface area is 107 Å². The van der Waals surface area contributed by atoms with Crippen molar-refractivity contribution >= 4 is 11.9 Å². The Hall–Kier alpha value is -1.14. The summed E-state index contributed by atoms with van der Waals surface area (Å²) in [5, 5.41) is 6.21. The number of carbonyl (C=O) groups excluding carboxylic acids is 1. The van der Waals surface area contributed by atoms with Gasteiger partial charge in [-0.15, -0.1) is 0 Å². The first-order chi connectivity index (χ1) is 8.74. The summed E-state index contributed by atoms with van der Waals surface area (Å²) in [7, 11) is 1.65. The average molecular weight is 252 g/mol. The number of fused-ring (bicyclic) bond motifs is 2. The van der Waals surface area contributed by atoms with Crippen LogP contribution < -0.4 is 10.6 Å². The van der Waals surface area contributed by atoms with Crippen LogP contribution in [0.2, 0.25) is 0 Å². The van der Waals surface area contributed by atoms with Gasteiger partial charge in [0.15, 0.2) is 5.96 Å². The molecule has 1 atom stereocenters. The molecule has 4 heterocycles. The molecule has 2 N–H and O–H groups in total. The third kappa shape index (κ3) is 1.80. The van der Waals surface area contributed by atoms with Crippen LogP contribution in [0.25, 0.3) is 0 Å². The van der Waals surface area contributed by atoms with Gasteiger partial charge in [0.05, 0.1) is 13.2 Å². The summed E-state index contributed by atoms with van der Waals surface area (Å²) in [6.45, 7) is 4.20. The second-order valence-corrected chi connectivity index (χ2v) is 5.32. The summed E-state index contributed by atoms with van der Waals surface area (Å²) >= 11 is 0. The number of hydrogen-bond donors (Lipinski definition) is 2. The highest BCUT2D eigenvalue weighted by Gasteiger charge is 2.55. The number of nitrogens with zero attached hydrogens (tertiary/aromatic N) is 2. The first kappa shape index (κ1) is 11.9. The Balaban J connectivity index is 1.74. The van der Waals surface area contributed by atoms with Gasteiger partial charge in [0, 0.05) is 13.7 Å². The quantitative estimate of drug-likeness (QED) is 0.644. The minimum Gasteiger partial charge on any atom is -0.383 e. The van der Waals surface area contributed by atoms with Gasteiger partial charge in [0.2, 0.25) is 0 Å². The SMILES string of the molecule is COCCN=C1NC(=O)C2(CN3CCC2CC3)N1. The van der Waals surface area contributed by atoms with Gasteiger partial charge >= 0.3 is 0 Å². The molecule has 6 heteroatoms. The molecule has 18 heavy (non-hydrogen) atoms. The molecule has 6 nitrogen and oxygen atoms in total. The molecular formula is C12H20N4O2. The van der Waals surface area contributed by atoms with Gasteiger partial charge in [-0.05, 0) is 31.8 Å². The molecule has 2 bridgehead atoms. The molecule has 0 aromatic carbocycles.